The molecule has 2 aromatic rings. The summed E-state index contributed by atoms with van der Waals surface area (Å²) in [4.78, 5) is 15.5. The van der Waals surface area contributed by atoms with Crippen LogP contribution in [0.15, 0.2) is 48.5 Å². The molecule has 1 amide bonds. The smallest absolute Gasteiger partial charge is 0.247 e. The minimum atomic E-state index is -0.744. The quantitative estimate of drug-likeness (QED) is 0.582. The molecule has 1 aliphatic heterocycles. The van der Waals surface area contributed by atoms with E-state index in [1.165, 1.54) is 0 Å². The molecule has 182 valence electrons. The minimum absolute atomic E-state index is 0.0185. The standard InChI is InChI=1S/C28H35NO5/c1-4-34-23-11-6-5-9-21(23)27-22-10-7-8-16-28(22,31)17-18-29(27)26(30)15-13-20-12-14-24(32-2)25(19-20)33-3/h5-6,9,11-15,19,22,27,31H,4,7-8,10,16-18H2,1-3H3/b15-13+. The van der Waals surface area contributed by atoms with Crippen LogP contribution in [0.2, 0.25) is 0 Å². The second kappa shape index (κ2) is 10.5. The third-order valence-electron chi connectivity index (χ3n) is 7.21. The Kier molecular flexibility index (Phi) is 7.47. The maximum Gasteiger partial charge on any atom is 0.247 e. The van der Waals surface area contributed by atoms with Crippen LogP contribution in [0.25, 0.3) is 6.08 Å². The number of aliphatic hydroxyl groups is 1. The molecule has 2 fully saturated rings. The van der Waals surface area contributed by atoms with Crippen LogP contribution in [-0.2, 0) is 4.79 Å². The summed E-state index contributed by atoms with van der Waals surface area (Å²) in [6.07, 6.45) is 7.78. The molecule has 34 heavy (non-hydrogen) atoms. The summed E-state index contributed by atoms with van der Waals surface area (Å²) in [6, 6.07) is 13.3. The number of benzene rings is 2. The van der Waals surface area contributed by atoms with E-state index in [4.69, 9.17) is 14.2 Å². The van der Waals surface area contributed by atoms with E-state index in [1.54, 1.807) is 26.4 Å². The number of carbonyl (C=O) groups excluding carboxylic acids is 1. The Bertz CT molecular complexity index is 1040. The fourth-order valence-corrected chi connectivity index (χ4v) is 5.55. The maximum absolute atomic E-state index is 13.5. The Morgan fingerprint density at radius 3 is 2.65 bits per heavy atom. The Morgan fingerprint density at radius 1 is 1.09 bits per heavy atom. The summed E-state index contributed by atoms with van der Waals surface area (Å²) in [5, 5.41) is 11.5. The molecule has 1 saturated carbocycles. The fourth-order valence-electron chi connectivity index (χ4n) is 5.55. The van der Waals surface area contributed by atoms with Gasteiger partial charge in [0.2, 0.25) is 5.91 Å². The molecule has 3 atom stereocenters. The van der Waals surface area contributed by atoms with Gasteiger partial charge in [-0.2, -0.15) is 0 Å². The molecule has 1 heterocycles. The number of likely N-dealkylation sites (tertiary alicyclic amines) is 1. The van der Waals surface area contributed by atoms with E-state index in [2.05, 4.69) is 0 Å². The van der Waals surface area contributed by atoms with Crippen LogP contribution >= 0.6 is 0 Å². The first kappa shape index (κ1) is 24.1. The topological polar surface area (TPSA) is 68.2 Å². The Balaban J connectivity index is 1.66. The summed E-state index contributed by atoms with van der Waals surface area (Å²) in [6.45, 7) is 3.02. The highest BCUT2D eigenvalue weighted by molar-refractivity contribution is 5.92. The molecule has 0 radical (unpaired) electrons. The van der Waals surface area contributed by atoms with Crippen LogP contribution in [-0.4, -0.2) is 48.9 Å². The largest absolute Gasteiger partial charge is 0.494 e. The monoisotopic (exact) mass is 465 g/mol. The van der Waals surface area contributed by atoms with Crippen molar-refractivity contribution < 1.29 is 24.1 Å². The highest BCUT2D eigenvalue weighted by Crippen LogP contribution is 2.50. The molecule has 2 aliphatic rings. The minimum Gasteiger partial charge on any atom is -0.494 e. The van der Waals surface area contributed by atoms with Gasteiger partial charge in [-0.25, -0.2) is 0 Å². The van der Waals surface area contributed by atoms with Gasteiger partial charge in [0, 0.05) is 24.1 Å². The van der Waals surface area contributed by atoms with Crippen LogP contribution in [0.5, 0.6) is 17.2 Å². The summed E-state index contributed by atoms with van der Waals surface area (Å²) in [5.41, 5.74) is 1.08. The maximum atomic E-state index is 13.5. The number of fused-ring (bicyclic) bond motifs is 1. The van der Waals surface area contributed by atoms with Crippen molar-refractivity contribution in [2.45, 2.75) is 50.7 Å². The number of para-hydroxylation sites is 1. The van der Waals surface area contributed by atoms with Crippen molar-refractivity contribution >= 4 is 12.0 Å². The second-order valence-electron chi connectivity index (χ2n) is 9.10. The average Bonchev–Trinajstić information content (AvgIpc) is 2.86. The van der Waals surface area contributed by atoms with Gasteiger partial charge in [0.05, 0.1) is 32.5 Å². The van der Waals surface area contributed by atoms with Crippen LogP contribution in [0.3, 0.4) is 0 Å². The number of nitrogens with zero attached hydrogens (tertiary/aromatic N) is 1. The zero-order valence-corrected chi connectivity index (χ0v) is 20.3. The molecule has 6 heteroatoms. The lowest BCUT2D eigenvalue weighted by atomic mass is 9.66. The SMILES string of the molecule is CCOc1ccccc1C1C2CCCCC2(O)CCN1C(=O)/C=C/c1ccc(OC)c(OC)c1. The summed E-state index contributed by atoms with van der Waals surface area (Å²) < 4.78 is 16.6. The van der Waals surface area contributed by atoms with Gasteiger partial charge in [-0.3, -0.25) is 4.79 Å². The molecule has 2 aromatic carbocycles. The van der Waals surface area contributed by atoms with Gasteiger partial charge >= 0.3 is 0 Å². The van der Waals surface area contributed by atoms with Gasteiger partial charge in [-0.1, -0.05) is 37.1 Å². The zero-order chi connectivity index (χ0) is 24.1. The van der Waals surface area contributed by atoms with E-state index in [9.17, 15) is 9.90 Å². The third-order valence-corrected chi connectivity index (χ3v) is 7.21. The number of rotatable bonds is 7. The van der Waals surface area contributed by atoms with Crippen molar-refractivity contribution in [1.82, 2.24) is 4.90 Å². The number of amides is 1. The number of methoxy groups -OCH3 is 2. The number of piperidine rings is 1. The predicted molar refractivity (Wildman–Crippen MR) is 132 cm³/mol. The lowest BCUT2D eigenvalue weighted by molar-refractivity contribution is -0.151. The van der Waals surface area contributed by atoms with Gasteiger partial charge < -0.3 is 24.2 Å². The first-order valence-electron chi connectivity index (χ1n) is 12.2. The summed E-state index contributed by atoms with van der Waals surface area (Å²) in [5.74, 6) is 1.96. The normalized spacial score (nSPS) is 24.5. The number of hydrogen-bond acceptors (Lipinski definition) is 5. The molecule has 3 unspecified atom stereocenters. The van der Waals surface area contributed by atoms with Gasteiger partial charge in [-0.15, -0.1) is 0 Å². The van der Waals surface area contributed by atoms with Crippen LogP contribution < -0.4 is 14.2 Å². The highest BCUT2D eigenvalue weighted by Gasteiger charge is 2.50. The molecule has 1 N–H and O–H groups in total. The van der Waals surface area contributed by atoms with Gasteiger partial charge in [0.25, 0.3) is 0 Å². The fraction of sp³-hybridized carbons (Fsp3) is 0.464. The van der Waals surface area contributed by atoms with Crippen molar-refractivity contribution in [1.29, 1.82) is 0 Å². The third kappa shape index (κ3) is 4.78. The van der Waals surface area contributed by atoms with Crippen molar-refractivity contribution in [3.05, 3.63) is 59.7 Å². The lowest BCUT2D eigenvalue weighted by Gasteiger charge is -2.52. The van der Waals surface area contributed by atoms with Crippen molar-refractivity contribution in [2.75, 3.05) is 27.4 Å². The molecule has 0 aromatic heterocycles. The molecule has 6 nitrogen and oxygen atoms in total. The van der Waals surface area contributed by atoms with Crippen LogP contribution in [0.4, 0.5) is 0 Å². The molecular weight excluding hydrogens is 430 g/mol. The molecule has 1 aliphatic carbocycles. The van der Waals surface area contributed by atoms with E-state index in [0.29, 0.717) is 31.1 Å². The molecule has 1 saturated heterocycles. The van der Waals surface area contributed by atoms with Crippen molar-refractivity contribution in [2.24, 2.45) is 5.92 Å². The average molecular weight is 466 g/mol. The van der Waals surface area contributed by atoms with Gasteiger partial charge in [0.15, 0.2) is 11.5 Å². The van der Waals surface area contributed by atoms with Crippen molar-refractivity contribution in [3.63, 3.8) is 0 Å². The number of ether oxygens (including phenoxy) is 3. The first-order valence-corrected chi connectivity index (χ1v) is 12.2. The molecule has 4 rings (SSSR count). The van der Waals surface area contributed by atoms with Gasteiger partial charge in [-0.05, 0) is 56.0 Å². The Morgan fingerprint density at radius 2 is 1.88 bits per heavy atom. The molecular formula is C28H35NO5. The summed E-state index contributed by atoms with van der Waals surface area (Å²) >= 11 is 0. The van der Waals surface area contributed by atoms with E-state index in [1.807, 2.05) is 54.3 Å². The number of hydrogen-bond donors (Lipinski definition) is 1. The lowest BCUT2D eigenvalue weighted by Crippen LogP contribution is -2.56. The van der Waals surface area contributed by atoms with Crippen molar-refractivity contribution in [3.8, 4) is 17.2 Å². The molecule has 0 spiro atoms. The molecule has 0 bridgehead atoms. The zero-order valence-electron chi connectivity index (χ0n) is 20.3. The van der Waals surface area contributed by atoms with E-state index in [-0.39, 0.29) is 17.9 Å². The predicted octanol–water partition coefficient (Wildman–Crippen LogP) is 5.01. The second-order valence-corrected chi connectivity index (χ2v) is 9.10. The Hall–Kier alpha value is -2.99. The van der Waals surface area contributed by atoms with E-state index >= 15 is 0 Å². The first-order chi connectivity index (χ1) is 16.5. The van der Waals surface area contributed by atoms with E-state index in [0.717, 1.165) is 42.6 Å². The van der Waals surface area contributed by atoms with Crippen LogP contribution in [0, 0.1) is 5.92 Å². The van der Waals surface area contributed by atoms with E-state index < -0.39 is 5.60 Å². The van der Waals surface area contributed by atoms with Gasteiger partial charge in [0.1, 0.15) is 5.75 Å². The Labute approximate surface area is 202 Å². The summed E-state index contributed by atoms with van der Waals surface area (Å²) in [7, 11) is 3.19. The van der Waals surface area contributed by atoms with Crippen LogP contribution in [0.1, 0.15) is 56.2 Å². The highest BCUT2D eigenvalue weighted by atomic mass is 16.5. The number of carbonyl (C=O) groups is 1.